The summed E-state index contributed by atoms with van der Waals surface area (Å²) in [5.41, 5.74) is 1.05. The van der Waals surface area contributed by atoms with Crippen LogP contribution in [0.3, 0.4) is 0 Å². The fraction of sp³-hybridized carbons (Fsp3) is 0.333. The molecule has 0 bridgehead atoms. The molecule has 0 unspecified atom stereocenters. The van der Waals surface area contributed by atoms with Crippen molar-refractivity contribution in [3.8, 4) is 0 Å². The van der Waals surface area contributed by atoms with Gasteiger partial charge in [-0.3, -0.25) is 14.4 Å². The number of benzene rings is 1. The van der Waals surface area contributed by atoms with Gasteiger partial charge in [0.25, 0.3) is 11.8 Å². The van der Waals surface area contributed by atoms with Crippen molar-refractivity contribution < 1.29 is 14.4 Å². The molecule has 0 N–H and O–H groups in total. The highest BCUT2D eigenvalue weighted by Crippen LogP contribution is 2.22. The molecule has 154 valence electrons. The molecule has 0 radical (unpaired) electrons. The molecular weight excluding hydrogens is 376 g/mol. The van der Waals surface area contributed by atoms with E-state index in [2.05, 4.69) is 33.8 Å². The van der Waals surface area contributed by atoms with E-state index in [4.69, 9.17) is 4.84 Å². The molecule has 2 amide bonds. The standard InChI is InChI=1S/C18H24N8O3/c1-6-24(11-12-25-21-13-15(22-25)18(28)23(4)29-5)17(27)14-9-7-8-10-16(14)26(19-2)20-3/h7-10,13H,2-3,6,11-12H2,1,4-5H3. The Labute approximate surface area is 168 Å². The van der Waals surface area contributed by atoms with E-state index in [0.717, 1.165) is 5.06 Å². The van der Waals surface area contributed by atoms with Gasteiger partial charge in [0.05, 0.1) is 31.1 Å². The van der Waals surface area contributed by atoms with Gasteiger partial charge in [-0.1, -0.05) is 12.1 Å². The Morgan fingerprint density at radius 1 is 1.21 bits per heavy atom. The maximum absolute atomic E-state index is 13.0. The molecule has 1 aromatic carbocycles. The Bertz CT molecular complexity index is 873. The van der Waals surface area contributed by atoms with E-state index in [9.17, 15) is 9.59 Å². The predicted molar refractivity (Wildman–Crippen MR) is 109 cm³/mol. The number of carbonyl (C=O) groups is 2. The highest BCUT2D eigenvalue weighted by Gasteiger charge is 2.21. The molecule has 2 rings (SSSR count). The van der Waals surface area contributed by atoms with Gasteiger partial charge in [0.1, 0.15) is 0 Å². The molecule has 0 saturated carbocycles. The van der Waals surface area contributed by atoms with Crippen LogP contribution < -0.4 is 5.12 Å². The van der Waals surface area contributed by atoms with E-state index in [-0.39, 0.29) is 11.6 Å². The van der Waals surface area contributed by atoms with Gasteiger partial charge in [0.15, 0.2) is 5.69 Å². The van der Waals surface area contributed by atoms with E-state index in [1.807, 2.05) is 6.92 Å². The zero-order valence-electron chi connectivity index (χ0n) is 16.7. The Balaban J connectivity index is 2.13. The maximum Gasteiger partial charge on any atom is 0.299 e. The second-order valence-corrected chi connectivity index (χ2v) is 5.79. The molecular formula is C18H24N8O3. The van der Waals surface area contributed by atoms with Crippen LogP contribution in [0, 0.1) is 0 Å². The van der Waals surface area contributed by atoms with Gasteiger partial charge in [-0.25, -0.2) is 5.06 Å². The molecule has 0 saturated heterocycles. The lowest BCUT2D eigenvalue weighted by Gasteiger charge is -2.23. The third kappa shape index (κ3) is 5.02. The molecule has 29 heavy (non-hydrogen) atoms. The summed E-state index contributed by atoms with van der Waals surface area (Å²) in [4.78, 5) is 32.9. The highest BCUT2D eigenvalue weighted by molar-refractivity contribution is 5.99. The van der Waals surface area contributed by atoms with Gasteiger partial charge in [-0.2, -0.15) is 25.2 Å². The Morgan fingerprint density at radius 3 is 2.52 bits per heavy atom. The second kappa shape index (κ2) is 10.1. The van der Waals surface area contributed by atoms with Crippen LogP contribution in [-0.2, 0) is 11.4 Å². The Kier molecular flexibility index (Phi) is 7.54. The third-order valence-electron chi connectivity index (χ3n) is 4.17. The van der Waals surface area contributed by atoms with Crippen LogP contribution in [0.15, 0.2) is 40.7 Å². The molecule has 1 heterocycles. The largest absolute Gasteiger partial charge is 0.337 e. The minimum atomic E-state index is -0.412. The summed E-state index contributed by atoms with van der Waals surface area (Å²) in [5, 5.41) is 18.0. The van der Waals surface area contributed by atoms with Crippen molar-refractivity contribution in [1.82, 2.24) is 25.0 Å². The number of amides is 2. The molecule has 0 aliphatic carbocycles. The lowest BCUT2D eigenvalue weighted by atomic mass is 10.1. The van der Waals surface area contributed by atoms with E-state index in [1.165, 1.54) is 30.3 Å². The molecule has 1 aromatic heterocycles. The summed E-state index contributed by atoms with van der Waals surface area (Å²) in [7, 11) is 2.87. The number of rotatable bonds is 10. The monoisotopic (exact) mass is 400 g/mol. The maximum atomic E-state index is 13.0. The van der Waals surface area contributed by atoms with E-state index >= 15 is 0 Å². The normalized spacial score (nSPS) is 10.3. The van der Waals surface area contributed by atoms with Crippen LogP contribution in [-0.4, -0.2) is 77.5 Å². The van der Waals surface area contributed by atoms with Gasteiger partial charge in [0, 0.05) is 33.6 Å². The molecule has 0 atom stereocenters. The van der Waals surface area contributed by atoms with Gasteiger partial charge in [-0.05, 0) is 19.1 Å². The number of hydroxylamine groups is 2. The zero-order chi connectivity index (χ0) is 21.4. The van der Waals surface area contributed by atoms with Crippen LogP contribution >= 0.6 is 0 Å². The van der Waals surface area contributed by atoms with Gasteiger partial charge in [0.2, 0.25) is 0 Å². The van der Waals surface area contributed by atoms with E-state index in [0.29, 0.717) is 30.9 Å². The van der Waals surface area contributed by atoms with Crippen LogP contribution in [0.4, 0.5) is 5.69 Å². The fourth-order valence-corrected chi connectivity index (χ4v) is 2.56. The summed E-state index contributed by atoms with van der Waals surface area (Å²) in [5.74, 6) is -0.618. The molecule has 0 aliphatic heterocycles. The minimum Gasteiger partial charge on any atom is -0.337 e. The number of nitrogens with zero attached hydrogens (tertiary/aromatic N) is 8. The van der Waals surface area contributed by atoms with Crippen LogP contribution in [0.25, 0.3) is 0 Å². The number of hydrogen-bond donors (Lipinski definition) is 0. The summed E-state index contributed by atoms with van der Waals surface area (Å²) >= 11 is 0. The van der Waals surface area contributed by atoms with Crippen molar-refractivity contribution in [2.24, 2.45) is 10.2 Å². The molecule has 0 fully saturated rings. The van der Waals surface area contributed by atoms with Gasteiger partial charge < -0.3 is 4.90 Å². The number of para-hydroxylation sites is 1. The number of likely N-dealkylation sites (N-methyl/N-ethyl adjacent to an activating group) is 1. The first-order chi connectivity index (χ1) is 14.0. The average molecular weight is 400 g/mol. The third-order valence-corrected chi connectivity index (χ3v) is 4.17. The van der Waals surface area contributed by atoms with Crippen LogP contribution in [0.2, 0.25) is 0 Å². The topological polar surface area (TPSA) is 109 Å². The molecule has 0 aliphatic rings. The number of hydrogen-bond acceptors (Lipinski definition) is 8. The molecule has 2 aromatic rings. The fourth-order valence-electron chi connectivity index (χ4n) is 2.56. The quantitative estimate of drug-likeness (QED) is 0.437. The minimum absolute atomic E-state index is 0.152. The van der Waals surface area contributed by atoms with Crippen molar-refractivity contribution in [3.63, 3.8) is 0 Å². The number of hydrazone groups is 2. The van der Waals surface area contributed by atoms with Crippen molar-refractivity contribution in [3.05, 3.63) is 41.7 Å². The zero-order valence-corrected chi connectivity index (χ0v) is 16.7. The van der Waals surface area contributed by atoms with Gasteiger partial charge >= 0.3 is 0 Å². The number of aromatic nitrogens is 3. The lowest BCUT2D eigenvalue weighted by molar-refractivity contribution is -0.0760. The van der Waals surface area contributed by atoms with Crippen LogP contribution in [0.5, 0.6) is 0 Å². The van der Waals surface area contributed by atoms with Crippen LogP contribution in [0.1, 0.15) is 27.8 Å². The lowest BCUT2D eigenvalue weighted by Crippen LogP contribution is -2.35. The molecule has 11 heteroatoms. The smallest absolute Gasteiger partial charge is 0.299 e. The van der Waals surface area contributed by atoms with Gasteiger partial charge in [-0.15, -0.1) is 5.10 Å². The molecule has 11 nitrogen and oxygen atoms in total. The summed E-state index contributed by atoms with van der Waals surface area (Å²) in [6.45, 7) is 9.88. The first-order valence-corrected chi connectivity index (χ1v) is 8.80. The Morgan fingerprint density at radius 2 is 1.90 bits per heavy atom. The summed E-state index contributed by atoms with van der Waals surface area (Å²) in [6.07, 6.45) is 1.36. The second-order valence-electron chi connectivity index (χ2n) is 5.79. The predicted octanol–water partition coefficient (Wildman–Crippen LogP) is 1.11. The summed E-state index contributed by atoms with van der Waals surface area (Å²) < 4.78 is 0. The number of carbonyl (C=O) groups excluding carboxylic acids is 2. The SMILES string of the molecule is C=NN(N=C)c1ccccc1C(=O)N(CC)CCn1ncc(C(=O)N(C)OC)n1. The summed E-state index contributed by atoms with van der Waals surface area (Å²) in [6, 6.07) is 6.93. The van der Waals surface area contributed by atoms with E-state index < -0.39 is 5.91 Å². The first-order valence-electron chi connectivity index (χ1n) is 8.80. The average Bonchev–Trinajstić information content (AvgIpc) is 3.23. The van der Waals surface area contributed by atoms with Crippen molar-refractivity contribution >= 4 is 30.9 Å². The Hall–Kier alpha value is -3.60. The highest BCUT2D eigenvalue weighted by atomic mass is 16.7. The van der Waals surface area contributed by atoms with Crippen molar-refractivity contribution in [2.45, 2.75) is 13.5 Å². The van der Waals surface area contributed by atoms with Crippen molar-refractivity contribution in [2.75, 3.05) is 32.4 Å². The van der Waals surface area contributed by atoms with Crippen molar-refractivity contribution in [1.29, 1.82) is 0 Å². The first kappa shape index (κ1) is 21.7. The van der Waals surface area contributed by atoms with E-state index in [1.54, 1.807) is 29.2 Å². The number of anilines is 1. The molecule has 0 spiro atoms.